The van der Waals surface area contributed by atoms with E-state index in [4.69, 9.17) is 0 Å². The monoisotopic (exact) mass is 395 g/mol. The smallest absolute Gasteiger partial charge is 0.245 e. The average molecular weight is 396 g/mol. The van der Waals surface area contributed by atoms with Crippen LogP contribution in [0.25, 0.3) is 5.69 Å². The number of nitrogens with zero attached hydrogens (tertiary/aromatic N) is 3. The highest BCUT2D eigenvalue weighted by Crippen LogP contribution is 2.61. The number of allylic oxidation sites excluding steroid dienone is 3. The molecule has 28 heavy (non-hydrogen) atoms. The van der Waals surface area contributed by atoms with Crippen molar-refractivity contribution in [2.24, 2.45) is 5.41 Å². The van der Waals surface area contributed by atoms with E-state index in [0.717, 1.165) is 23.3 Å². The maximum atomic E-state index is 13.6. The Morgan fingerprint density at radius 1 is 1.14 bits per heavy atom. The van der Waals surface area contributed by atoms with Gasteiger partial charge in [-0.15, -0.1) is 0 Å². The minimum Gasteiger partial charge on any atom is -0.245 e. The van der Waals surface area contributed by atoms with E-state index in [0.29, 0.717) is 10.9 Å². The lowest BCUT2D eigenvalue weighted by atomic mass is 9.59. The Morgan fingerprint density at radius 3 is 2.50 bits per heavy atom. The molecule has 1 fully saturated rings. The lowest BCUT2D eigenvalue weighted by Gasteiger charge is -2.57. The molecule has 4 heterocycles. The van der Waals surface area contributed by atoms with Crippen LogP contribution in [-0.4, -0.2) is 24.9 Å². The molecule has 1 saturated heterocycles. The molecule has 6 heteroatoms. The normalized spacial score (nSPS) is 33.8. The van der Waals surface area contributed by atoms with Gasteiger partial charge in [0, 0.05) is 10.7 Å². The van der Waals surface area contributed by atoms with Crippen LogP contribution in [0.1, 0.15) is 39.7 Å². The summed E-state index contributed by atoms with van der Waals surface area (Å²) in [6.45, 7) is 10.9. The highest BCUT2D eigenvalue weighted by Gasteiger charge is 2.60. The Bertz CT molecular complexity index is 1130. The Balaban J connectivity index is 1.84. The van der Waals surface area contributed by atoms with Gasteiger partial charge in [0.2, 0.25) is 0 Å². The van der Waals surface area contributed by atoms with Crippen molar-refractivity contribution in [3.8, 4) is 5.69 Å². The van der Waals surface area contributed by atoms with E-state index in [1.54, 1.807) is 21.5 Å². The Morgan fingerprint density at radius 2 is 1.86 bits per heavy atom. The van der Waals surface area contributed by atoms with E-state index in [9.17, 15) is 9.59 Å². The van der Waals surface area contributed by atoms with Gasteiger partial charge in [0.15, 0.2) is 0 Å². The minimum absolute atomic E-state index is 0.178. The fourth-order valence-electron chi connectivity index (χ4n) is 5.75. The van der Waals surface area contributed by atoms with Crippen molar-refractivity contribution in [3.63, 3.8) is 0 Å². The molecule has 146 valence electrons. The lowest BCUT2D eigenvalue weighted by molar-refractivity contribution is 0.0998. The van der Waals surface area contributed by atoms with Crippen LogP contribution in [0.3, 0.4) is 0 Å². The standard InChI is InChI=1S/C22H25N3O2S/c1-14-13-21(3)15(2)22(4,17-11-8-12-28-17)18(14)24-19(26)23(20(27)25(21)24)16-9-6-5-7-10-16/h5-7,9-10,13,17-18H,2,8,11-12H2,1,3-4H3/t17-,18+,21-,22-/m0/s1. The molecule has 1 aliphatic carbocycles. The summed E-state index contributed by atoms with van der Waals surface area (Å²) in [5.41, 5.74) is 1.28. The van der Waals surface area contributed by atoms with E-state index in [1.165, 1.54) is 11.0 Å². The van der Waals surface area contributed by atoms with Crippen LogP contribution in [0.2, 0.25) is 0 Å². The third-order valence-electron chi connectivity index (χ3n) is 7.04. The van der Waals surface area contributed by atoms with E-state index >= 15 is 0 Å². The number of aromatic nitrogens is 3. The van der Waals surface area contributed by atoms with Gasteiger partial charge in [0.25, 0.3) is 0 Å². The van der Waals surface area contributed by atoms with Crippen molar-refractivity contribution >= 4 is 11.8 Å². The molecule has 0 radical (unpaired) electrons. The summed E-state index contributed by atoms with van der Waals surface area (Å²) in [6.07, 6.45) is 4.45. The third kappa shape index (κ3) is 1.94. The first kappa shape index (κ1) is 17.9. The molecule has 4 aliphatic rings. The van der Waals surface area contributed by atoms with Gasteiger partial charge >= 0.3 is 11.4 Å². The maximum absolute atomic E-state index is 13.6. The number of rotatable bonds is 2. The molecule has 1 aromatic heterocycles. The van der Waals surface area contributed by atoms with Crippen LogP contribution < -0.4 is 11.4 Å². The van der Waals surface area contributed by atoms with Crippen molar-refractivity contribution in [2.45, 2.75) is 50.4 Å². The molecule has 1 aromatic carbocycles. The van der Waals surface area contributed by atoms with Crippen LogP contribution in [0.4, 0.5) is 0 Å². The van der Waals surface area contributed by atoms with Gasteiger partial charge in [0.1, 0.15) is 5.54 Å². The molecule has 5 nitrogen and oxygen atoms in total. The van der Waals surface area contributed by atoms with Crippen molar-refractivity contribution in [3.05, 3.63) is 75.1 Å². The third-order valence-corrected chi connectivity index (χ3v) is 8.69. The molecule has 0 spiro atoms. The van der Waals surface area contributed by atoms with Gasteiger partial charge in [-0.25, -0.2) is 23.5 Å². The summed E-state index contributed by atoms with van der Waals surface area (Å²) in [5, 5.41) is 0.406. The predicted octanol–water partition coefficient (Wildman–Crippen LogP) is 3.49. The van der Waals surface area contributed by atoms with Gasteiger partial charge in [-0.05, 0) is 55.7 Å². The molecule has 0 amide bonds. The molecular weight excluding hydrogens is 370 g/mol. The van der Waals surface area contributed by atoms with E-state index in [2.05, 4.69) is 26.5 Å². The minimum atomic E-state index is -0.701. The zero-order valence-electron chi connectivity index (χ0n) is 16.5. The number of fused-ring (bicyclic) bond motifs is 1. The number of hydrogen-bond donors (Lipinski definition) is 0. The van der Waals surface area contributed by atoms with Gasteiger partial charge in [0.05, 0.1) is 11.7 Å². The van der Waals surface area contributed by atoms with E-state index < -0.39 is 5.54 Å². The molecular formula is C22H25N3O2S. The summed E-state index contributed by atoms with van der Waals surface area (Å²) in [5.74, 6) is 1.15. The quantitative estimate of drug-likeness (QED) is 0.732. The van der Waals surface area contributed by atoms with Crippen molar-refractivity contribution in [1.29, 1.82) is 0 Å². The number of benzene rings is 1. The fourth-order valence-corrected chi connectivity index (χ4v) is 7.32. The van der Waals surface area contributed by atoms with Gasteiger partial charge in [-0.2, -0.15) is 11.8 Å². The molecule has 0 unspecified atom stereocenters. The summed E-state index contributed by atoms with van der Waals surface area (Å²) < 4.78 is 4.67. The molecule has 0 saturated carbocycles. The Kier molecular flexibility index (Phi) is 3.61. The number of thioether (sulfide) groups is 1. The van der Waals surface area contributed by atoms with Gasteiger partial charge in [-0.3, -0.25) is 0 Å². The maximum Gasteiger partial charge on any atom is 0.352 e. The summed E-state index contributed by atoms with van der Waals surface area (Å²) in [6, 6.07) is 9.01. The molecule has 2 bridgehead atoms. The second kappa shape index (κ2) is 5.66. The summed E-state index contributed by atoms with van der Waals surface area (Å²) in [4.78, 5) is 27.0. The van der Waals surface area contributed by atoms with Crippen molar-refractivity contribution in [2.75, 3.05) is 5.75 Å². The summed E-state index contributed by atoms with van der Waals surface area (Å²) >= 11 is 1.98. The Labute approximate surface area is 168 Å². The van der Waals surface area contributed by atoms with Crippen LogP contribution in [0, 0.1) is 5.41 Å². The second-order valence-electron chi connectivity index (χ2n) is 8.59. The van der Waals surface area contributed by atoms with Crippen LogP contribution in [0.15, 0.2) is 63.7 Å². The number of para-hydroxylation sites is 1. The van der Waals surface area contributed by atoms with E-state index in [-0.39, 0.29) is 22.8 Å². The highest BCUT2D eigenvalue weighted by molar-refractivity contribution is 8.00. The van der Waals surface area contributed by atoms with Gasteiger partial charge in [-0.1, -0.05) is 37.8 Å². The zero-order valence-corrected chi connectivity index (χ0v) is 17.3. The SMILES string of the molecule is C=C1[C@@](C)([C@@H]2CCCS2)[C@H]2C(C)=C[C@]1(C)n1c(=O)n(-c3ccccc3)c(=O)n12. The Hall–Kier alpha value is -2.21. The van der Waals surface area contributed by atoms with Crippen molar-refractivity contribution in [1.82, 2.24) is 13.9 Å². The fraction of sp³-hybridized carbons (Fsp3) is 0.455. The largest absolute Gasteiger partial charge is 0.352 e. The first-order chi connectivity index (χ1) is 13.3. The second-order valence-corrected chi connectivity index (χ2v) is 9.90. The number of hydrogen-bond acceptors (Lipinski definition) is 3. The molecule has 6 rings (SSSR count). The highest BCUT2D eigenvalue weighted by atomic mass is 32.2. The molecule has 2 aromatic rings. The van der Waals surface area contributed by atoms with Gasteiger partial charge < -0.3 is 0 Å². The van der Waals surface area contributed by atoms with Crippen LogP contribution in [0.5, 0.6) is 0 Å². The zero-order chi connectivity index (χ0) is 19.8. The lowest BCUT2D eigenvalue weighted by Crippen LogP contribution is -2.61. The predicted molar refractivity (Wildman–Crippen MR) is 113 cm³/mol. The molecule has 0 N–H and O–H groups in total. The topological polar surface area (TPSA) is 48.9 Å². The summed E-state index contributed by atoms with van der Waals surface area (Å²) in [7, 11) is 0. The average Bonchev–Trinajstić information content (AvgIpc) is 3.29. The first-order valence-electron chi connectivity index (χ1n) is 9.85. The van der Waals surface area contributed by atoms with Crippen LogP contribution in [-0.2, 0) is 5.54 Å². The first-order valence-corrected chi connectivity index (χ1v) is 10.9. The molecule has 4 atom stereocenters. The van der Waals surface area contributed by atoms with Crippen molar-refractivity contribution < 1.29 is 0 Å². The molecule has 3 aliphatic heterocycles. The van der Waals surface area contributed by atoms with E-state index in [1.807, 2.05) is 36.9 Å². The van der Waals surface area contributed by atoms with Crippen LogP contribution >= 0.6 is 11.8 Å².